The lowest BCUT2D eigenvalue weighted by atomic mass is 10.2. The normalized spacial score (nSPS) is 10.4. The van der Waals surface area contributed by atoms with Crippen LogP contribution in [-0.2, 0) is 6.54 Å². The van der Waals surface area contributed by atoms with Gasteiger partial charge in [-0.05, 0) is 42.3 Å². The number of rotatable bonds is 7. The molecule has 0 saturated heterocycles. The fourth-order valence-electron chi connectivity index (χ4n) is 2.04. The maximum atomic E-state index is 6.21. The molecular formula is C17H20ClNO3. The lowest BCUT2D eigenvalue weighted by molar-refractivity contribution is 0.211. The Morgan fingerprint density at radius 2 is 1.86 bits per heavy atom. The van der Waals surface area contributed by atoms with Crippen molar-refractivity contribution >= 4 is 11.6 Å². The molecule has 2 rings (SSSR count). The highest BCUT2D eigenvalue weighted by Crippen LogP contribution is 2.36. The average Bonchev–Trinajstić information content (AvgIpc) is 2.52. The first-order valence-electron chi connectivity index (χ1n) is 7.02. The average molecular weight is 322 g/mol. The van der Waals surface area contributed by atoms with Gasteiger partial charge in [0.2, 0.25) is 0 Å². The summed E-state index contributed by atoms with van der Waals surface area (Å²) in [5, 5.41) is 0.482. The second-order valence-corrected chi connectivity index (χ2v) is 5.23. The zero-order valence-electron chi connectivity index (χ0n) is 12.8. The van der Waals surface area contributed by atoms with E-state index >= 15 is 0 Å². The van der Waals surface area contributed by atoms with Gasteiger partial charge in [0, 0.05) is 6.54 Å². The van der Waals surface area contributed by atoms with Crippen molar-refractivity contribution in [2.24, 2.45) is 5.73 Å². The SMILES string of the molecule is COc1cc(CN)cc(Cl)c1OCCOc1cccc(C)c1. The Morgan fingerprint density at radius 1 is 1.09 bits per heavy atom. The van der Waals surface area contributed by atoms with E-state index in [-0.39, 0.29) is 0 Å². The van der Waals surface area contributed by atoms with Crippen LogP contribution in [-0.4, -0.2) is 20.3 Å². The summed E-state index contributed by atoms with van der Waals surface area (Å²) in [5.41, 5.74) is 7.66. The number of ether oxygens (including phenoxy) is 3. The van der Waals surface area contributed by atoms with Crippen molar-refractivity contribution in [3.63, 3.8) is 0 Å². The molecule has 0 aliphatic heterocycles. The van der Waals surface area contributed by atoms with E-state index in [1.165, 1.54) is 0 Å². The third-order valence-corrected chi connectivity index (χ3v) is 3.39. The fraction of sp³-hybridized carbons (Fsp3) is 0.294. The molecule has 22 heavy (non-hydrogen) atoms. The first-order valence-corrected chi connectivity index (χ1v) is 7.40. The molecule has 0 atom stereocenters. The van der Waals surface area contributed by atoms with Gasteiger partial charge in [0.1, 0.15) is 19.0 Å². The molecule has 0 fully saturated rings. The van der Waals surface area contributed by atoms with Gasteiger partial charge in [-0.2, -0.15) is 0 Å². The molecule has 0 heterocycles. The van der Waals surface area contributed by atoms with Crippen molar-refractivity contribution in [1.29, 1.82) is 0 Å². The van der Waals surface area contributed by atoms with Gasteiger partial charge in [0.25, 0.3) is 0 Å². The van der Waals surface area contributed by atoms with Crippen LogP contribution in [0.2, 0.25) is 5.02 Å². The van der Waals surface area contributed by atoms with Crippen LogP contribution < -0.4 is 19.9 Å². The summed E-state index contributed by atoms with van der Waals surface area (Å²) in [6, 6.07) is 11.5. The predicted molar refractivity (Wildman–Crippen MR) is 88.1 cm³/mol. The molecule has 0 bridgehead atoms. The second-order valence-electron chi connectivity index (χ2n) is 4.83. The Kier molecular flexibility index (Phi) is 5.92. The maximum absolute atomic E-state index is 6.21. The van der Waals surface area contributed by atoms with Crippen molar-refractivity contribution in [2.75, 3.05) is 20.3 Å². The van der Waals surface area contributed by atoms with Crippen LogP contribution in [0.1, 0.15) is 11.1 Å². The highest BCUT2D eigenvalue weighted by molar-refractivity contribution is 6.32. The van der Waals surface area contributed by atoms with Crippen molar-refractivity contribution in [3.05, 3.63) is 52.5 Å². The minimum absolute atomic E-state index is 0.367. The molecule has 0 saturated carbocycles. The monoisotopic (exact) mass is 321 g/mol. The minimum atomic E-state index is 0.367. The quantitative estimate of drug-likeness (QED) is 0.792. The van der Waals surface area contributed by atoms with Gasteiger partial charge < -0.3 is 19.9 Å². The molecule has 0 aliphatic carbocycles. The number of hydrogen-bond acceptors (Lipinski definition) is 4. The molecule has 2 N–H and O–H groups in total. The van der Waals surface area contributed by atoms with Gasteiger partial charge in [-0.1, -0.05) is 23.7 Å². The number of nitrogens with two attached hydrogens (primary N) is 1. The van der Waals surface area contributed by atoms with E-state index in [0.717, 1.165) is 16.9 Å². The Morgan fingerprint density at radius 3 is 2.55 bits per heavy atom. The Bertz CT molecular complexity index is 631. The third kappa shape index (κ3) is 4.29. The largest absolute Gasteiger partial charge is 0.493 e. The first kappa shape index (κ1) is 16.5. The number of aryl methyl sites for hydroxylation is 1. The van der Waals surface area contributed by atoms with E-state index < -0.39 is 0 Å². The van der Waals surface area contributed by atoms with Gasteiger partial charge >= 0.3 is 0 Å². The molecule has 0 aliphatic rings. The van der Waals surface area contributed by atoms with E-state index in [1.807, 2.05) is 37.3 Å². The van der Waals surface area contributed by atoms with E-state index in [9.17, 15) is 0 Å². The van der Waals surface area contributed by atoms with Crippen molar-refractivity contribution in [3.8, 4) is 17.2 Å². The van der Waals surface area contributed by atoms with E-state index in [1.54, 1.807) is 13.2 Å². The van der Waals surface area contributed by atoms with Crippen molar-refractivity contribution in [2.45, 2.75) is 13.5 Å². The van der Waals surface area contributed by atoms with Crippen LogP contribution in [0.25, 0.3) is 0 Å². The fourth-order valence-corrected chi connectivity index (χ4v) is 2.33. The van der Waals surface area contributed by atoms with Gasteiger partial charge in [-0.15, -0.1) is 0 Å². The van der Waals surface area contributed by atoms with Crippen molar-refractivity contribution < 1.29 is 14.2 Å². The molecule has 0 amide bonds. The minimum Gasteiger partial charge on any atom is -0.493 e. The summed E-state index contributed by atoms with van der Waals surface area (Å²) in [6.45, 7) is 3.20. The zero-order chi connectivity index (χ0) is 15.9. The molecule has 118 valence electrons. The molecule has 0 aromatic heterocycles. The summed E-state index contributed by atoms with van der Waals surface area (Å²) >= 11 is 6.21. The Hall–Kier alpha value is -1.91. The Balaban J connectivity index is 1.94. The summed E-state index contributed by atoms with van der Waals surface area (Å²) in [5.74, 6) is 1.90. The molecule has 0 unspecified atom stereocenters. The number of hydrogen-bond donors (Lipinski definition) is 1. The van der Waals surface area contributed by atoms with Crippen LogP contribution in [0, 0.1) is 6.92 Å². The van der Waals surface area contributed by atoms with E-state index in [0.29, 0.717) is 36.3 Å². The van der Waals surface area contributed by atoms with Gasteiger partial charge in [0.15, 0.2) is 11.5 Å². The number of methoxy groups -OCH3 is 1. The molecule has 0 spiro atoms. The van der Waals surface area contributed by atoms with Crippen LogP contribution in [0.4, 0.5) is 0 Å². The topological polar surface area (TPSA) is 53.7 Å². The predicted octanol–water partition coefficient (Wildman–Crippen LogP) is 3.57. The summed E-state index contributed by atoms with van der Waals surface area (Å²) in [7, 11) is 1.57. The lowest BCUT2D eigenvalue weighted by Gasteiger charge is -2.14. The molecule has 5 heteroatoms. The standard InChI is InChI=1S/C17H20ClNO3/c1-12-4-3-5-14(8-12)21-6-7-22-17-15(18)9-13(11-19)10-16(17)20-2/h3-5,8-10H,6-7,11,19H2,1-2H3. The number of benzene rings is 2. The number of halogens is 1. The Labute approximate surface area is 135 Å². The van der Waals surface area contributed by atoms with Gasteiger partial charge in [-0.3, -0.25) is 0 Å². The summed E-state index contributed by atoms with van der Waals surface area (Å²) in [6.07, 6.45) is 0. The van der Waals surface area contributed by atoms with Gasteiger partial charge in [0.05, 0.1) is 12.1 Å². The van der Waals surface area contributed by atoms with Crippen LogP contribution in [0.5, 0.6) is 17.2 Å². The molecule has 2 aromatic rings. The van der Waals surface area contributed by atoms with E-state index in [2.05, 4.69) is 0 Å². The van der Waals surface area contributed by atoms with Crippen molar-refractivity contribution in [1.82, 2.24) is 0 Å². The van der Waals surface area contributed by atoms with Crippen LogP contribution in [0.3, 0.4) is 0 Å². The smallest absolute Gasteiger partial charge is 0.179 e. The van der Waals surface area contributed by atoms with Gasteiger partial charge in [-0.25, -0.2) is 0 Å². The highest BCUT2D eigenvalue weighted by atomic mass is 35.5. The molecule has 2 aromatic carbocycles. The van der Waals surface area contributed by atoms with Crippen LogP contribution >= 0.6 is 11.6 Å². The first-order chi connectivity index (χ1) is 10.6. The second kappa shape index (κ2) is 7.92. The third-order valence-electron chi connectivity index (χ3n) is 3.11. The zero-order valence-corrected chi connectivity index (χ0v) is 13.5. The van der Waals surface area contributed by atoms with Crippen LogP contribution in [0.15, 0.2) is 36.4 Å². The lowest BCUT2D eigenvalue weighted by Crippen LogP contribution is -2.10. The summed E-state index contributed by atoms with van der Waals surface area (Å²) < 4.78 is 16.6. The van der Waals surface area contributed by atoms with E-state index in [4.69, 9.17) is 31.5 Å². The maximum Gasteiger partial charge on any atom is 0.179 e. The molecule has 0 radical (unpaired) electrons. The summed E-state index contributed by atoms with van der Waals surface area (Å²) in [4.78, 5) is 0. The highest BCUT2D eigenvalue weighted by Gasteiger charge is 2.11. The molecule has 4 nitrogen and oxygen atoms in total. The molecular weight excluding hydrogens is 302 g/mol.